The Morgan fingerprint density at radius 1 is 1.35 bits per heavy atom. The summed E-state index contributed by atoms with van der Waals surface area (Å²) in [5.74, 6) is 6.34. The van der Waals surface area contributed by atoms with Crippen molar-refractivity contribution in [3.05, 3.63) is 40.7 Å². The Morgan fingerprint density at radius 2 is 2.20 bits per heavy atom. The lowest BCUT2D eigenvalue weighted by molar-refractivity contribution is 0.615. The van der Waals surface area contributed by atoms with Gasteiger partial charge < -0.3 is 5.43 Å². The molecule has 0 unspecified atom stereocenters. The summed E-state index contributed by atoms with van der Waals surface area (Å²) in [5, 5.41) is 8.79. The Bertz CT molecular complexity index is 821. The van der Waals surface area contributed by atoms with E-state index < -0.39 is 0 Å². The number of hydrogen-bond donors (Lipinski definition) is 2. The van der Waals surface area contributed by atoms with Crippen LogP contribution >= 0.6 is 0 Å². The van der Waals surface area contributed by atoms with Crippen molar-refractivity contribution in [1.82, 2.24) is 29.5 Å². The van der Waals surface area contributed by atoms with E-state index in [4.69, 9.17) is 5.84 Å². The van der Waals surface area contributed by atoms with Gasteiger partial charge in [0.2, 0.25) is 0 Å². The topological polar surface area (TPSA) is 117 Å². The number of nitrogens with one attached hydrogen (secondary N) is 1. The second-order valence-corrected chi connectivity index (χ2v) is 4.16. The maximum absolute atomic E-state index is 11.6. The first-order chi connectivity index (χ1) is 9.69. The van der Waals surface area contributed by atoms with Crippen LogP contribution in [0.2, 0.25) is 0 Å². The molecule has 3 N–H and O–H groups in total. The molecule has 102 valence electrons. The molecule has 0 bridgehead atoms. The fourth-order valence-corrected chi connectivity index (χ4v) is 1.89. The van der Waals surface area contributed by atoms with Gasteiger partial charge in [0.05, 0.1) is 11.6 Å². The molecule has 0 saturated carbocycles. The van der Waals surface area contributed by atoms with Gasteiger partial charge in [-0.15, -0.1) is 0 Å². The summed E-state index contributed by atoms with van der Waals surface area (Å²) in [6, 6.07) is 3.01. The fraction of sp³-hybridized carbons (Fsp3) is 0.182. The number of aryl methyl sites for hydroxylation is 1. The predicted octanol–water partition coefficient (Wildman–Crippen LogP) is -0.746. The molecule has 20 heavy (non-hydrogen) atoms. The number of anilines is 1. The van der Waals surface area contributed by atoms with Gasteiger partial charge in [0, 0.05) is 19.3 Å². The lowest BCUT2D eigenvalue weighted by atomic mass is 10.4. The van der Waals surface area contributed by atoms with Gasteiger partial charge in [-0.3, -0.25) is 9.48 Å². The number of rotatable bonds is 3. The highest BCUT2D eigenvalue weighted by Crippen LogP contribution is 2.18. The minimum absolute atomic E-state index is 0.162. The van der Waals surface area contributed by atoms with E-state index >= 15 is 0 Å². The molecule has 3 heterocycles. The molecule has 9 nitrogen and oxygen atoms in total. The zero-order valence-electron chi connectivity index (χ0n) is 10.7. The lowest BCUT2D eigenvalue weighted by Gasteiger charge is -2.06. The van der Waals surface area contributed by atoms with Crippen molar-refractivity contribution in [2.75, 3.05) is 5.43 Å². The van der Waals surface area contributed by atoms with Crippen molar-refractivity contribution in [3.8, 4) is 0 Å². The number of nitrogens with two attached hydrogens (primary N) is 1. The van der Waals surface area contributed by atoms with E-state index in [1.165, 1.54) is 16.9 Å². The van der Waals surface area contributed by atoms with Crippen LogP contribution in [0.25, 0.3) is 11.0 Å². The molecule has 9 heteroatoms. The molecule has 0 saturated heterocycles. The van der Waals surface area contributed by atoms with Gasteiger partial charge in [0.1, 0.15) is 6.54 Å². The zero-order chi connectivity index (χ0) is 14.1. The highest BCUT2D eigenvalue weighted by Gasteiger charge is 2.11. The van der Waals surface area contributed by atoms with Gasteiger partial charge in [-0.05, 0) is 6.07 Å². The van der Waals surface area contributed by atoms with Crippen LogP contribution in [0.4, 0.5) is 5.82 Å². The number of hydrazine groups is 1. The Labute approximate surface area is 113 Å². The summed E-state index contributed by atoms with van der Waals surface area (Å²) in [4.78, 5) is 20.3. The molecule has 0 aliphatic carbocycles. The van der Waals surface area contributed by atoms with E-state index in [0.29, 0.717) is 22.7 Å². The monoisotopic (exact) mass is 272 g/mol. The second kappa shape index (κ2) is 4.70. The van der Waals surface area contributed by atoms with Gasteiger partial charge in [0.25, 0.3) is 5.56 Å². The maximum Gasteiger partial charge on any atom is 0.267 e. The highest BCUT2D eigenvalue weighted by molar-refractivity contribution is 5.86. The third-order valence-corrected chi connectivity index (χ3v) is 2.85. The highest BCUT2D eigenvalue weighted by atomic mass is 16.1. The summed E-state index contributed by atoms with van der Waals surface area (Å²) in [7, 11) is 1.77. The predicted molar refractivity (Wildman–Crippen MR) is 71.7 cm³/mol. The van der Waals surface area contributed by atoms with Crippen LogP contribution in [-0.2, 0) is 13.6 Å². The Hall–Kier alpha value is -2.81. The lowest BCUT2D eigenvalue weighted by Crippen LogP contribution is -2.23. The van der Waals surface area contributed by atoms with Crippen LogP contribution in [-0.4, -0.2) is 29.5 Å². The van der Waals surface area contributed by atoms with Crippen molar-refractivity contribution in [2.45, 2.75) is 6.54 Å². The van der Waals surface area contributed by atoms with Gasteiger partial charge in [-0.25, -0.2) is 20.5 Å². The molecular weight excluding hydrogens is 260 g/mol. The summed E-state index contributed by atoms with van der Waals surface area (Å²) in [6.07, 6.45) is 3.16. The van der Waals surface area contributed by atoms with E-state index in [-0.39, 0.29) is 12.1 Å². The minimum atomic E-state index is -0.219. The third-order valence-electron chi connectivity index (χ3n) is 2.85. The van der Waals surface area contributed by atoms with Gasteiger partial charge in [-0.1, -0.05) is 0 Å². The molecule has 0 fully saturated rings. The minimum Gasteiger partial charge on any atom is -0.308 e. The summed E-state index contributed by atoms with van der Waals surface area (Å²) in [5.41, 5.74) is 2.92. The van der Waals surface area contributed by atoms with E-state index in [2.05, 4.69) is 25.6 Å². The second-order valence-electron chi connectivity index (χ2n) is 4.16. The molecular formula is C11H12N8O. The number of hydrogen-bond acceptors (Lipinski definition) is 7. The van der Waals surface area contributed by atoms with Crippen molar-refractivity contribution in [3.63, 3.8) is 0 Å². The van der Waals surface area contributed by atoms with Crippen molar-refractivity contribution in [2.24, 2.45) is 12.9 Å². The average Bonchev–Trinajstić information content (AvgIpc) is 2.82. The van der Waals surface area contributed by atoms with Crippen molar-refractivity contribution >= 4 is 16.9 Å². The molecule has 3 aromatic heterocycles. The first kappa shape index (κ1) is 12.2. The number of nitrogen functional groups attached to an aromatic ring is 1. The zero-order valence-corrected chi connectivity index (χ0v) is 10.7. The van der Waals surface area contributed by atoms with Crippen LogP contribution in [0.15, 0.2) is 29.3 Å². The molecule has 0 radical (unpaired) electrons. The van der Waals surface area contributed by atoms with Gasteiger partial charge >= 0.3 is 0 Å². The van der Waals surface area contributed by atoms with Crippen LogP contribution < -0.4 is 16.8 Å². The first-order valence-corrected chi connectivity index (χ1v) is 5.86. The molecule has 0 amide bonds. The van der Waals surface area contributed by atoms with Crippen LogP contribution in [0.1, 0.15) is 5.82 Å². The smallest absolute Gasteiger partial charge is 0.267 e. The summed E-state index contributed by atoms with van der Waals surface area (Å²) in [6.45, 7) is 0.162. The molecule has 0 atom stereocenters. The molecule has 0 aromatic carbocycles. The summed E-state index contributed by atoms with van der Waals surface area (Å²) >= 11 is 0. The maximum atomic E-state index is 11.6. The Balaban J connectivity index is 2.10. The molecule has 0 aliphatic rings. The fourth-order valence-electron chi connectivity index (χ4n) is 1.89. The van der Waals surface area contributed by atoms with E-state index in [1.807, 2.05) is 0 Å². The van der Waals surface area contributed by atoms with Crippen molar-refractivity contribution in [1.29, 1.82) is 0 Å². The SMILES string of the molecule is Cn1ncc2c(NN)nc(Cn3ncccc3=O)nc21. The third kappa shape index (κ3) is 1.99. The van der Waals surface area contributed by atoms with E-state index in [9.17, 15) is 4.79 Å². The molecule has 3 rings (SSSR count). The Morgan fingerprint density at radius 3 is 2.95 bits per heavy atom. The van der Waals surface area contributed by atoms with Crippen molar-refractivity contribution < 1.29 is 0 Å². The quantitative estimate of drug-likeness (QED) is 0.476. The van der Waals surface area contributed by atoms with E-state index in [1.54, 1.807) is 24.0 Å². The number of nitrogens with zero attached hydrogens (tertiary/aromatic N) is 6. The number of fused-ring (bicyclic) bond motifs is 1. The molecule has 0 spiro atoms. The van der Waals surface area contributed by atoms with Gasteiger partial charge in [0.15, 0.2) is 17.3 Å². The molecule has 3 aromatic rings. The van der Waals surface area contributed by atoms with Crippen LogP contribution in [0.5, 0.6) is 0 Å². The molecule has 0 aliphatic heterocycles. The Kier molecular flexibility index (Phi) is 2.88. The van der Waals surface area contributed by atoms with E-state index in [0.717, 1.165) is 0 Å². The van der Waals surface area contributed by atoms with Crippen LogP contribution in [0, 0.1) is 0 Å². The normalized spacial score (nSPS) is 10.9. The standard InChI is InChI=1S/C11H12N8O/c1-18-11-7(5-14-18)10(17-12)15-8(16-11)6-19-9(20)3-2-4-13-19/h2-5H,6,12H2,1H3,(H,15,16,17). The van der Waals surface area contributed by atoms with Crippen LogP contribution in [0.3, 0.4) is 0 Å². The first-order valence-electron chi connectivity index (χ1n) is 5.86. The summed E-state index contributed by atoms with van der Waals surface area (Å²) < 4.78 is 2.89. The average molecular weight is 272 g/mol. The van der Waals surface area contributed by atoms with Gasteiger partial charge in [-0.2, -0.15) is 10.2 Å². The number of aromatic nitrogens is 6. The largest absolute Gasteiger partial charge is 0.308 e.